The Hall–Kier alpha value is -0.990. The number of benzene rings is 1. The third-order valence-electron chi connectivity index (χ3n) is 1.64. The van der Waals surface area contributed by atoms with Crippen molar-refractivity contribution in [3.8, 4) is 0 Å². The molecule has 0 aromatic heterocycles. The summed E-state index contributed by atoms with van der Waals surface area (Å²) in [5, 5.41) is 0.834. The van der Waals surface area contributed by atoms with Crippen LogP contribution in [0.5, 0.6) is 0 Å². The highest BCUT2D eigenvalue weighted by molar-refractivity contribution is 6.35. The first kappa shape index (κ1) is 12.1. The van der Waals surface area contributed by atoms with Crippen LogP contribution in [0.25, 0.3) is 0 Å². The minimum Gasteiger partial charge on any atom is -0.458 e. The summed E-state index contributed by atoms with van der Waals surface area (Å²) in [4.78, 5) is 11.5. The van der Waals surface area contributed by atoms with E-state index in [4.69, 9.17) is 27.9 Å². The van der Waals surface area contributed by atoms with Gasteiger partial charge in [0.25, 0.3) is 0 Å². The lowest BCUT2D eigenvalue weighted by Crippen LogP contribution is -2.04. The number of halogens is 2. The van der Waals surface area contributed by atoms with Crippen molar-refractivity contribution >= 4 is 29.2 Å². The maximum Gasteiger partial charge on any atom is 0.338 e. The molecule has 0 atom stereocenters. The van der Waals surface area contributed by atoms with Crippen LogP contribution in [0.2, 0.25) is 10.0 Å². The van der Waals surface area contributed by atoms with E-state index in [1.165, 1.54) is 12.1 Å². The van der Waals surface area contributed by atoms with Gasteiger partial charge in [0, 0.05) is 10.0 Å². The molecule has 4 heteroatoms. The Morgan fingerprint density at radius 3 is 2.47 bits per heavy atom. The van der Waals surface area contributed by atoms with Gasteiger partial charge in [0.1, 0.15) is 6.61 Å². The number of hydrogen-bond acceptors (Lipinski definition) is 2. The molecule has 0 saturated carbocycles. The van der Waals surface area contributed by atoms with Crippen molar-refractivity contribution in [1.82, 2.24) is 0 Å². The van der Waals surface area contributed by atoms with Crippen molar-refractivity contribution in [3.63, 3.8) is 0 Å². The summed E-state index contributed by atoms with van der Waals surface area (Å²) in [6.45, 7) is 2.10. The van der Waals surface area contributed by atoms with Crippen LogP contribution >= 0.6 is 23.2 Å². The SMILES string of the molecule is C/C=C/COC(=O)c1cc(Cl)cc(Cl)c1. The van der Waals surface area contributed by atoms with Crippen LogP contribution in [0, 0.1) is 0 Å². The second kappa shape index (κ2) is 5.79. The highest BCUT2D eigenvalue weighted by Gasteiger charge is 2.08. The van der Waals surface area contributed by atoms with E-state index in [0.717, 1.165) is 0 Å². The molecule has 15 heavy (non-hydrogen) atoms. The number of hydrogen-bond donors (Lipinski definition) is 0. The Labute approximate surface area is 98.4 Å². The highest BCUT2D eigenvalue weighted by atomic mass is 35.5. The van der Waals surface area contributed by atoms with Crippen molar-refractivity contribution in [1.29, 1.82) is 0 Å². The predicted molar refractivity (Wildman–Crippen MR) is 61.6 cm³/mol. The van der Waals surface area contributed by atoms with Gasteiger partial charge < -0.3 is 4.74 Å². The summed E-state index contributed by atoms with van der Waals surface area (Å²) >= 11 is 11.5. The molecule has 0 unspecified atom stereocenters. The molecule has 0 aliphatic rings. The number of ether oxygens (including phenoxy) is 1. The average molecular weight is 245 g/mol. The maximum absolute atomic E-state index is 11.5. The van der Waals surface area contributed by atoms with Gasteiger partial charge in [0.2, 0.25) is 0 Å². The third kappa shape index (κ3) is 3.94. The standard InChI is InChI=1S/C11H10Cl2O2/c1-2-3-4-15-11(14)8-5-9(12)7-10(13)6-8/h2-3,5-7H,4H2,1H3/b3-2+. The van der Waals surface area contributed by atoms with Crippen LogP contribution in [-0.4, -0.2) is 12.6 Å². The topological polar surface area (TPSA) is 26.3 Å². The molecule has 0 saturated heterocycles. The van der Waals surface area contributed by atoms with Gasteiger partial charge in [-0.05, 0) is 25.1 Å². The molecule has 0 bridgehead atoms. The van der Waals surface area contributed by atoms with Gasteiger partial charge in [-0.3, -0.25) is 0 Å². The van der Waals surface area contributed by atoms with Crippen molar-refractivity contribution in [2.75, 3.05) is 6.61 Å². The van der Waals surface area contributed by atoms with Crippen LogP contribution in [-0.2, 0) is 4.74 Å². The first-order chi connectivity index (χ1) is 7.13. The van der Waals surface area contributed by atoms with E-state index in [1.807, 2.05) is 6.92 Å². The number of allylic oxidation sites excluding steroid dienone is 1. The highest BCUT2D eigenvalue weighted by Crippen LogP contribution is 2.19. The van der Waals surface area contributed by atoms with Gasteiger partial charge in [0.05, 0.1) is 5.56 Å². The molecule has 0 N–H and O–H groups in total. The van der Waals surface area contributed by atoms with Crippen LogP contribution in [0.1, 0.15) is 17.3 Å². The van der Waals surface area contributed by atoms with Gasteiger partial charge >= 0.3 is 5.97 Å². The number of carbonyl (C=O) groups excluding carboxylic acids is 1. The summed E-state index contributed by atoms with van der Waals surface area (Å²) in [7, 11) is 0. The third-order valence-corrected chi connectivity index (χ3v) is 2.08. The summed E-state index contributed by atoms with van der Waals surface area (Å²) in [5.74, 6) is -0.433. The van der Waals surface area contributed by atoms with Crippen molar-refractivity contribution in [2.24, 2.45) is 0 Å². The Morgan fingerprint density at radius 1 is 1.33 bits per heavy atom. The molecule has 1 rings (SSSR count). The normalized spacial score (nSPS) is 10.6. The molecule has 0 spiro atoms. The van der Waals surface area contributed by atoms with Crippen LogP contribution in [0.3, 0.4) is 0 Å². The minimum absolute atomic E-state index is 0.249. The average Bonchev–Trinajstić information content (AvgIpc) is 2.16. The van der Waals surface area contributed by atoms with Crippen molar-refractivity contribution in [2.45, 2.75) is 6.92 Å². The number of esters is 1. The molecular formula is C11H10Cl2O2. The Kier molecular flexibility index (Phi) is 4.66. The van der Waals surface area contributed by atoms with Gasteiger partial charge in [-0.1, -0.05) is 35.4 Å². The van der Waals surface area contributed by atoms with E-state index in [0.29, 0.717) is 15.6 Å². The van der Waals surface area contributed by atoms with Crippen LogP contribution in [0.4, 0.5) is 0 Å². The fourth-order valence-electron chi connectivity index (χ4n) is 0.975. The lowest BCUT2D eigenvalue weighted by molar-refractivity contribution is 0.0549. The second-order valence-electron chi connectivity index (χ2n) is 2.83. The van der Waals surface area contributed by atoms with Gasteiger partial charge in [0.15, 0.2) is 0 Å². The molecule has 0 fully saturated rings. The largest absolute Gasteiger partial charge is 0.458 e. The van der Waals surface area contributed by atoms with Gasteiger partial charge in [-0.25, -0.2) is 4.79 Å². The number of rotatable bonds is 3. The lowest BCUT2D eigenvalue weighted by Gasteiger charge is -2.02. The first-order valence-corrected chi connectivity index (χ1v) is 5.13. The predicted octanol–water partition coefficient (Wildman–Crippen LogP) is 3.73. The molecule has 0 aliphatic carbocycles. The zero-order valence-corrected chi connectivity index (χ0v) is 9.68. The van der Waals surface area contributed by atoms with E-state index in [-0.39, 0.29) is 6.61 Å². The van der Waals surface area contributed by atoms with Gasteiger partial charge in [-0.15, -0.1) is 0 Å². The van der Waals surface area contributed by atoms with E-state index >= 15 is 0 Å². The Bertz CT molecular complexity index is 366. The zero-order valence-electron chi connectivity index (χ0n) is 8.17. The van der Waals surface area contributed by atoms with Crippen LogP contribution in [0.15, 0.2) is 30.4 Å². The number of carbonyl (C=O) groups is 1. The molecule has 1 aromatic carbocycles. The molecule has 80 valence electrons. The summed E-state index contributed by atoms with van der Waals surface area (Å²) in [6.07, 6.45) is 3.54. The summed E-state index contributed by atoms with van der Waals surface area (Å²) in [6, 6.07) is 4.60. The smallest absolute Gasteiger partial charge is 0.338 e. The Balaban J connectivity index is 2.73. The first-order valence-electron chi connectivity index (χ1n) is 4.38. The minimum atomic E-state index is -0.433. The zero-order chi connectivity index (χ0) is 11.3. The van der Waals surface area contributed by atoms with E-state index in [1.54, 1.807) is 18.2 Å². The molecule has 2 nitrogen and oxygen atoms in total. The van der Waals surface area contributed by atoms with E-state index in [9.17, 15) is 4.79 Å². The fourth-order valence-corrected chi connectivity index (χ4v) is 1.50. The second-order valence-corrected chi connectivity index (χ2v) is 3.70. The molecule has 0 radical (unpaired) electrons. The maximum atomic E-state index is 11.5. The van der Waals surface area contributed by atoms with Gasteiger partial charge in [-0.2, -0.15) is 0 Å². The molecule has 0 amide bonds. The molecular weight excluding hydrogens is 235 g/mol. The molecule has 1 aromatic rings. The Morgan fingerprint density at radius 2 is 1.93 bits per heavy atom. The summed E-state index contributed by atoms with van der Waals surface area (Å²) < 4.78 is 4.94. The summed E-state index contributed by atoms with van der Waals surface area (Å²) in [5.41, 5.74) is 0.358. The van der Waals surface area contributed by atoms with Crippen LogP contribution < -0.4 is 0 Å². The van der Waals surface area contributed by atoms with E-state index < -0.39 is 5.97 Å². The lowest BCUT2D eigenvalue weighted by atomic mass is 10.2. The molecule has 0 heterocycles. The fraction of sp³-hybridized carbons (Fsp3) is 0.182. The van der Waals surface area contributed by atoms with E-state index in [2.05, 4.69) is 0 Å². The van der Waals surface area contributed by atoms with Crippen molar-refractivity contribution in [3.05, 3.63) is 46.0 Å². The monoisotopic (exact) mass is 244 g/mol. The molecule has 0 aliphatic heterocycles. The van der Waals surface area contributed by atoms with Crippen molar-refractivity contribution < 1.29 is 9.53 Å². The quantitative estimate of drug-likeness (QED) is 0.599.